The van der Waals surface area contributed by atoms with Gasteiger partial charge in [-0.15, -0.1) is 0 Å². The van der Waals surface area contributed by atoms with E-state index in [1.807, 2.05) is 44.2 Å². The van der Waals surface area contributed by atoms with E-state index in [0.29, 0.717) is 12.4 Å². The Labute approximate surface area is 123 Å². The Morgan fingerprint density at radius 3 is 2.24 bits per heavy atom. The maximum Gasteiger partial charge on any atom is 0.314 e. The van der Waals surface area contributed by atoms with Gasteiger partial charge in [0.2, 0.25) is 0 Å². The molecule has 108 valence electrons. The number of aryl methyl sites for hydroxylation is 2. The van der Waals surface area contributed by atoms with Crippen LogP contribution in [0.15, 0.2) is 42.6 Å². The zero-order chi connectivity index (χ0) is 15.2. The van der Waals surface area contributed by atoms with Crippen molar-refractivity contribution in [2.45, 2.75) is 20.4 Å². The van der Waals surface area contributed by atoms with Crippen LogP contribution in [0.3, 0.4) is 0 Å². The summed E-state index contributed by atoms with van der Waals surface area (Å²) in [7, 11) is 0. The van der Waals surface area contributed by atoms with Gasteiger partial charge in [0.15, 0.2) is 0 Å². The summed E-state index contributed by atoms with van der Waals surface area (Å²) in [6.45, 7) is 4.20. The molecular weight excluding hydrogens is 266 g/mol. The molecule has 0 saturated heterocycles. The van der Waals surface area contributed by atoms with Crippen LogP contribution >= 0.6 is 0 Å². The molecule has 1 aromatic carbocycles. The predicted octanol–water partition coefficient (Wildman–Crippen LogP) is 1.95. The number of nitrogens with one attached hydrogen (secondary N) is 2. The number of carbonyl (C=O) groups excluding carboxylic acids is 2. The van der Waals surface area contributed by atoms with E-state index in [1.54, 1.807) is 12.3 Å². The highest BCUT2D eigenvalue weighted by Crippen LogP contribution is 2.04. The van der Waals surface area contributed by atoms with Crippen molar-refractivity contribution in [1.82, 2.24) is 10.3 Å². The molecule has 2 N–H and O–H groups in total. The van der Waals surface area contributed by atoms with Gasteiger partial charge >= 0.3 is 11.8 Å². The average Bonchev–Trinajstić information content (AvgIpc) is 2.48. The Balaban J connectivity index is 1.86. The Bertz CT molecular complexity index is 634. The molecule has 0 bridgehead atoms. The van der Waals surface area contributed by atoms with Crippen molar-refractivity contribution in [3.8, 4) is 0 Å². The minimum Gasteiger partial charge on any atom is -0.344 e. The molecule has 2 amide bonds. The normalized spacial score (nSPS) is 10.0. The van der Waals surface area contributed by atoms with Crippen LogP contribution in [0.2, 0.25) is 0 Å². The summed E-state index contributed by atoms with van der Waals surface area (Å²) < 4.78 is 0. The van der Waals surface area contributed by atoms with Crippen LogP contribution in [-0.2, 0) is 16.1 Å². The molecule has 0 aliphatic carbocycles. The van der Waals surface area contributed by atoms with Crippen molar-refractivity contribution >= 4 is 17.6 Å². The van der Waals surface area contributed by atoms with Gasteiger partial charge in [0, 0.05) is 12.7 Å². The largest absolute Gasteiger partial charge is 0.344 e. The number of anilines is 1. The molecule has 2 aromatic rings. The summed E-state index contributed by atoms with van der Waals surface area (Å²) in [5.41, 5.74) is 3.07. The molecule has 0 unspecified atom stereocenters. The highest BCUT2D eigenvalue weighted by molar-refractivity contribution is 6.39. The quantitative estimate of drug-likeness (QED) is 0.846. The van der Waals surface area contributed by atoms with E-state index in [1.165, 1.54) is 0 Å². The molecule has 1 heterocycles. The lowest BCUT2D eigenvalue weighted by molar-refractivity contribution is -0.136. The van der Waals surface area contributed by atoms with E-state index in [0.717, 1.165) is 16.7 Å². The Morgan fingerprint density at radius 1 is 0.952 bits per heavy atom. The van der Waals surface area contributed by atoms with Gasteiger partial charge < -0.3 is 10.6 Å². The molecule has 0 aliphatic heterocycles. The number of hydrogen-bond acceptors (Lipinski definition) is 3. The predicted molar refractivity (Wildman–Crippen MR) is 80.6 cm³/mol. The third kappa shape index (κ3) is 4.42. The van der Waals surface area contributed by atoms with Gasteiger partial charge in [0.1, 0.15) is 5.82 Å². The van der Waals surface area contributed by atoms with E-state index in [-0.39, 0.29) is 0 Å². The highest BCUT2D eigenvalue weighted by atomic mass is 16.2. The lowest BCUT2D eigenvalue weighted by atomic mass is 10.1. The van der Waals surface area contributed by atoms with Crippen molar-refractivity contribution < 1.29 is 9.59 Å². The van der Waals surface area contributed by atoms with Crippen molar-refractivity contribution in [2.24, 2.45) is 0 Å². The first-order valence-corrected chi connectivity index (χ1v) is 6.62. The minimum absolute atomic E-state index is 0.313. The molecule has 0 fully saturated rings. The van der Waals surface area contributed by atoms with Crippen molar-refractivity contribution in [3.05, 3.63) is 59.3 Å². The molecule has 0 saturated carbocycles. The third-order valence-electron chi connectivity index (χ3n) is 2.93. The Kier molecular flexibility index (Phi) is 4.66. The SMILES string of the molecule is Cc1ccc(CNC(=O)C(=O)Nc2ccc(C)cn2)cc1. The number of carbonyl (C=O) groups is 2. The van der Waals surface area contributed by atoms with Crippen molar-refractivity contribution in [2.75, 3.05) is 5.32 Å². The molecule has 0 spiro atoms. The standard InChI is InChI=1S/C16H17N3O2/c1-11-3-6-13(7-4-11)10-18-15(20)16(21)19-14-8-5-12(2)9-17-14/h3-9H,10H2,1-2H3,(H,18,20)(H,17,19,21). The zero-order valence-electron chi connectivity index (χ0n) is 12.0. The Morgan fingerprint density at radius 2 is 1.62 bits per heavy atom. The van der Waals surface area contributed by atoms with Gasteiger partial charge in [-0.3, -0.25) is 9.59 Å². The second-order valence-corrected chi connectivity index (χ2v) is 4.84. The molecular formula is C16H17N3O2. The lowest BCUT2D eigenvalue weighted by Crippen LogP contribution is -2.35. The maximum atomic E-state index is 11.7. The van der Waals surface area contributed by atoms with Gasteiger partial charge in [-0.05, 0) is 31.0 Å². The number of nitrogens with zero attached hydrogens (tertiary/aromatic N) is 1. The number of pyridine rings is 1. The van der Waals surface area contributed by atoms with Crippen LogP contribution in [0.25, 0.3) is 0 Å². The van der Waals surface area contributed by atoms with Crippen LogP contribution in [-0.4, -0.2) is 16.8 Å². The number of rotatable bonds is 3. The first-order valence-electron chi connectivity index (χ1n) is 6.62. The summed E-state index contributed by atoms with van der Waals surface area (Å²) in [5, 5.41) is 5.02. The van der Waals surface area contributed by atoms with Crippen LogP contribution < -0.4 is 10.6 Å². The summed E-state index contributed by atoms with van der Waals surface area (Å²) >= 11 is 0. The van der Waals surface area contributed by atoms with Crippen molar-refractivity contribution in [3.63, 3.8) is 0 Å². The molecule has 0 atom stereocenters. The van der Waals surface area contributed by atoms with Gasteiger partial charge in [0.25, 0.3) is 0 Å². The fourth-order valence-electron chi connectivity index (χ4n) is 1.68. The summed E-state index contributed by atoms with van der Waals surface area (Å²) in [5.74, 6) is -1.05. The second-order valence-electron chi connectivity index (χ2n) is 4.84. The Hall–Kier alpha value is -2.69. The molecule has 0 radical (unpaired) electrons. The molecule has 5 heteroatoms. The van der Waals surface area contributed by atoms with E-state index in [2.05, 4.69) is 15.6 Å². The van der Waals surface area contributed by atoms with Crippen LogP contribution in [0.1, 0.15) is 16.7 Å². The lowest BCUT2D eigenvalue weighted by Gasteiger charge is -2.06. The molecule has 0 aliphatic rings. The number of amides is 2. The number of hydrogen-bond donors (Lipinski definition) is 2. The first-order chi connectivity index (χ1) is 10.0. The van der Waals surface area contributed by atoms with Crippen LogP contribution in [0.4, 0.5) is 5.82 Å². The van der Waals surface area contributed by atoms with E-state index < -0.39 is 11.8 Å². The summed E-state index contributed by atoms with van der Waals surface area (Å²) in [4.78, 5) is 27.4. The van der Waals surface area contributed by atoms with Crippen LogP contribution in [0.5, 0.6) is 0 Å². The monoisotopic (exact) mass is 283 g/mol. The molecule has 21 heavy (non-hydrogen) atoms. The number of benzene rings is 1. The van der Waals surface area contributed by atoms with Gasteiger partial charge in [-0.25, -0.2) is 4.98 Å². The molecule has 1 aromatic heterocycles. The van der Waals surface area contributed by atoms with Gasteiger partial charge in [-0.1, -0.05) is 35.9 Å². The fraction of sp³-hybridized carbons (Fsp3) is 0.188. The third-order valence-corrected chi connectivity index (χ3v) is 2.93. The molecule has 5 nitrogen and oxygen atoms in total. The van der Waals surface area contributed by atoms with E-state index >= 15 is 0 Å². The zero-order valence-corrected chi connectivity index (χ0v) is 12.0. The van der Waals surface area contributed by atoms with Gasteiger partial charge in [-0.2, -0.15) is 0 Å². The minimum atomic E-state index is -0.724. The smallest absolute Gasteiger partial charge is 0.314 e. The summed E-state index contributed by atoms with van der Waals surface area (Å²) in [6, 6.07) is 11.2. The number of aromatic nitrogens is 1. The maximum absolute atomic E-state index is 11.7. The highest BCUT2D eigenvalue weighted by Gasteiger charge is 2.13. The fourth-order valence-corrected chi connectivity index (χ4v) is 1.68. The first kappa shape index (κ1) is 14.7. The topological polar surface area (TPSA) is 71.1 Å². The van der Waals surface area contributed by atoms with Crippen LogP contribution in [0, 0.1) is 13.8 Å². The average molecular weight is 283 g/mol. The van der Waals surface area contributed by atoms with E-state index in [9.17, 15) is 9.59 Å². The summed E-state index contributed by atoms with van der Waals surface area (Å²) in [6.07, 6.45) is 1.62. The van der Waals surface area contributed by atoms with Crippen molar-refractivity contribution in [1.29, 1.82) is 0 Å². The van der Waals surface area contributed by atoms with Gasteiger partial charge in [0.05, 0.1) is 0 Å². The van der Waals surface area contributed by atoms with E-state index in [4.69, 9.17) is 0 Å². The second kappa shape index (κ2) is 6.65. The molecule has 2 rings (SSSR count).